The summed E-state index contributed by atoms with van der Waals surface area (Å²) in [6, 6.07) is 0.752. The van der Waals surface area contributed by atoms with E-state index in [-0.39, 0.29) is 0 Å². The molecule has 2 aliphatic rings. The molecule has 0 radical (unpaired) electrons. The van der Waals surface area contributed by atoms with Crippen LogP contribution in [0.5, 0.6) is 0 Å². The van der Waals surface area contributed by atoms with Crippen molar-refractivity contribution < 1.29 is 4.52 Å². The molecule has 2 aliphatic carbocycles. The van der Waals surface area contributed by atoms with Gasteiger partial charge >= 0.3 is 0 Å². The van der Waals surface area contributed by atoms with E-state index in [4.69, 9.17) is 10.3 Å². The normalized spacial score (nSPS) is 21.2. The topological polar surface area (TPSA) is 68.2 Å². The van der Waals surface area contributed by atoms with Gasteiger partial charge in [0.2, 0.25) is 5.89 Å². The van der Waals surface area contributed by atoms with E-state index in [2.05, 4.69) is 15.0 Å². The summed E-state index contributed by atoms with van der Waals surface area (Å²) in [6.45, 7) is 2.36. The maximum atomic E-state index is 5.51. The molecule has 1 aromatic rings. The standard InChI is InChI=1S/C14H24N4O/c15-8-14-16-13(17-19-14)10-18(12-6-7-12)9-11-4-2-1-3-5-11/h11-12H,1-10,15H2. The van der Waals surface area contributed by atoms with Gasteiger partial charge in [0.1, 0.15) is 0 Å². The van der Waals surface area contributed by atoms with Gasteiger partial charge in [0.05, 0.1) is 13.1 Å². The molecule has 0 spiro atoms. The Morgan fingerprint density at radius 1 is 1.16 bits per heavy atom. The molecule has 1 aromatic heterocycles. The summed E-state index contributed by atoms with van der Waals surface area (Å²) in [5.41, 5.74) is 5.51. The third-order valence-corrected chi connectivity index (χ3v) is 4.31. The summed E-state index contributed by atoms with van der Waals surface area (Å²) >= 11 is 0. The van der Waals surface area contributed by atoms with Crippen molar-refractivity contribution >= 4 is 0 Å². The van der Waals surface area contributed by atoms with Crippen LogP contribution in [0, 0.1) is 5.92 Å². The molecule has 2 N–H and O–H groups in total. The highest BCUT2D eigenvalue weighted by atomic mass is 16.5. The van der Waals surface area contributed by atoms with Gasteiger partial charge in [-0.15, -0.1) is 0 Å². The number of hydrogen-bond acceptors (Lipinski definition) is 5. The predicted molar refractivity (Wildman–Crippen MR) is 72.2 cm³/mol. The van der Waals surface area contributed by atoms with E-state index in [0.29, 0.717) is 12.4 Å². The lowest BCUT2D eigenvalue weighted by Crippen LogP contribution is -2.32. The fraction of sp³-hybridized carbons (Fsp3) is 0.857. The zero-order chi connectivity index (χ0) is 13.1. The van der Waals surface area contributed by atoms with Gasteiger partial charge < -0.3 is 10.3 Å². The van der Waals surface area contributed by atoms with Crippen LogP contribution >= 0.6 is 0 Å². The molecule has 0 amide bonds. The van der Waals surface area contributed by atoms with E-state index in [1.54, 1.807) is 0 Å². The molecule has 0 aromatic carbocycles. The Labute approximate surface area is 114 Å². The van der Waals surface area contributed by atoms with E-state index >= 15 is 0 Å². The molecular weight excluding hydrogens is 240 g/mol. The SMILES string of the molecule is NCc1nc(CN(CC2CCCCC2)C2CC2)no1. The summed E-state index contributed by atoms with van der Waals surface area (Å²) < 4.78 is 5.09. The van der Waals surface area contributed by atoms with Gasteiger partial charge in [0, 0.05) is 12.6 Å². The predicted octanol–water partition coefficient (Wildman–Crippen LogP) is 2.07. The van der Waals surface area contributed by atoms with Crippen molar-refractivity contribution in [3.8, 4) is 0 Å². The van der Waals surface area contributed by atoms with Crippen molar-refractivity contribution in [3.63, 3.8) is 0 Å². The molecule has 0 bridgehead atoms. The lowest BCUT2D eigenvalue weighted by molar-refractivity contribution is 0.180. The van der Waals surface area contributed by atoms with Crippen LogP contribution in [0.2, 0.25) is 0 Å². The monoisotopic (exact) mass is 264 g/mol. The maximum Gasteiger partial charge on any atom is 0.240 e. The average Bonchev–Trinajstić information content (AvgIpc) is 3.20. The van der Waals surface area contributed by atoms with E-state index in [0.717, 1.165) is 24.3 Å². The van der Waals surface area contributed by atoms with Crippen LogP contribution in [0.3, 0.4) is 0 Å². The first kappa shape index (κ1) is 13.1. The van der Waals surface area contributed by atoms with Crippen LogP contribution in [-0.2, 0) is 13.1 Å². The van der Waals surface area contributed by atoms with Crippen LogP contribution in [0.4, 0.5) is 0 Å². The van der Waals surface area contributed by atoms with E-state index < -0.39 is 0 Å². The minimum absolute atomic E-state index is 0.332. The van der Waals surface area contributed by atoms with Gasteiger partial charge in [-0.2, -0.15) is 4.98 Å². The van der Waals surface area contributed by atoms with Crippen molar-refractivity contribution in [3.05, 3.63) is 11.7 Å². The largest absolute Gasteiger partial charge is 0.338 e. The van der Waals surface area contributed by atoms with Crippen LogP contribution in [0.15, 0.2) is 4.52 Å². The second kappa shape index (κ2) is 6.01. The van der Waals surface area contributed by atoms with Gasteiger partial charge in [0.15, 0.2) is 5.82 Å². The Kier molecular flexibility index (Phi) is 4.13. The molecule has 0 unspecified atom stereocenters. The molecular formula is C14H24N4O. The Hall–Kier alpha value is -0.940. The smallest absolute Gasteiger partial charge is 0.240 e. The lowest BCUT2D eigenvalue weighted by Gasteiger charge is -2.28. The molecule has 2 saturated carbocycles. The molecule has 0 atom stereocenters. The molecule has 1 heterocycles. The fourth-order valence-corrected chi connectivity index (χ4v) is 3.10. The minimum Gasteiger partial charge on any atom is -0.338 e. The van der Waals surface area contributed by atoms with Gasteiger partial charge in [-0.3, -0.25) is 4.90 Å². The number of hydrogen-bond donors (Lipinski definition) is 1. The number of nitrogens with zero attached hydrogens (tertiary/aromatic N) is 3. The van der Waals surface area contributed by atoms with E-state index in [9.17, 15) is 0 Å². The Morgan fingerprint density at radius 2 is 1.95 bits per heavy atom. The Balaban J connectivity index is 1.57. The zero-order valence-electron chi connectivity index (χ0n) is 11.6. The summed E-state index contributed by atoms with van der Waals surface area (Å²) in [6.07, 6.45) is 9.67. The highest BCUT2D eigenvalue weighted by Gasteiger charge is 2.31. The Bertz CT molecular complexity index is 396. The van der Waals surface area contributed by atoms with Crippen molar-refractivity contribution in [2.75, 3.05) is 6.54 Å². The Morgan fingerprint density at radius 3 is 2.58 bits per heavy atom. The summed E-state index contributed by atoms with van der Waals surface area (Å²) in [4.78, 5) is 6.88. The average molecular weight is 264 g/mol. The number of nitrogens with two attached hydrogens (primary N) is 1. The first-order chi connectivity index (χ1) is 9.35. The summed E-state index contributed by atoms with van der Waals surface area (Å²) in [5, 5.41) is 4.02. The maximum absolute atomic E-state index is 5.51. The first-order valence-corrected chi connectivity index (χ1v) is 7.60. The fourth-order valence-electron chi connectivity index (χ4n) is 3.10. The number of aromatic nitrogens is 2. The third-order valence-electron chi connectivity index (χ3n) is 4.31. The first-order valence-electron chi connectivity index (χ1n) is 7.60. The third kappa shape index (κ3) is 3.54. The molecule has 2 fully saturated rings. The molecule has 3 rings (SSSR count). The second-order valence-electron chi connectivity index (χ2n) is 5.97. The highest BCUT2D eigenvalue weighted by Crippen LogP contribution is 2.32. The van der Waals surface area contributed by atoms with Gasteiger partial charge in [-0.1, -0.05) is 24.4 Å². The molecule has 5 nitrogen and oxygen atoms in total. The molecule has 106 valence electrons. The van der Waals surface area contributed by atoms with Gasteiger partial charge in [-0.25, -0.2) is 0 Å². The van der Waals surface area contributed by atoms with Gasteiger partial charge in [0.25, 0.3) is 0 Å². The van der Waals surface area contributed by atoms with Crippen LogP contribution in [-0.4, -0.2) is 27.6 Å². The van der Waals surface area contributed by atoms with Crippen molar-refractivity contribution in [2.24, 2.45) is 11.7 Å². The number of rotatable bonds is 6. The lowest BCUT2D eigenvalue weighted by atomic mass is 9.89. The zero-order valence-corrected chi connectivity index (χ0v) is 11.6. The molecule has 0 saturated heterocycles. The van der Waals surface area contributed by atoms with Crippen molar-refractivity contribution in [1.82, 2.24) is 15.0 Å². The van der Waals surface area contributed by atoms with E-state index in [1.165, 1.54) is 51.5 Å². The quantitative estimate of drug-likeness (QED) is 0.852. The van der Waals surface area contributed by atoms with Crippen molar-refractivity contribution in [2.45, 2.75) is 64.1 Å². The second-order valence-corrected chi connectivity index (χ2v) is 5.97. The summed E-state index contributed by atoms with van der Waals surface area (Å²) in [5.74, 6) is 2.21. The van der Waals surface area contributed by atoms with Crippen molar-refractivity contribution in [1.29, 1.82) is 0 Å². The molecule has 19 heavy (non-hydrogen) atoms. The summed E-state index contributed by atoms with van der Waals surface area (Å²) in [7, 11) is 0. The molecule has 0 aliphatic heterocycles. The van der Waals surface area contributed by atoms with Gasteiger partial charge in [-0.05, 0) is 31.6 Å². The van der Waals surface area contributed by atoms with E-state index in [1.807, 2.05) is 0 Å². The minimum atomic E-state index is 0.332. The molecule has 5 heteroatoms. The van der Waals surface area contributed by atoms with Crippen LogP contribution in [0.25, 0.3) is 0 Å². The highest BCUT2D eigenvalue weighted by molar-refractivity contribution is 4.92. The van der Waals surface area contributed by atoms with Crippen LogP contribution < -0.4 is 5.73 Å². The van der Waals surface area contributed by atoms with Crippen LogP contribution in [0.1, 0.15) is 56.7 Å².